The van der Waals surface area contributed by atoms with Crippen LogP contribution in [0.1, 0.15) is 12.8 Å². The summed E-state index contributed by atoms with van der Waals surface area (Å²) in [7, 11) is 0. The molecule has 0 aliphatic heterocycles. The smallest absolute Gasteiger partial charge is 0.230 e. The van der Waals surface area contributed by atoms with Crippen LogP contribution in [0.2, 0.25) is 10.0 Å². The lowest BCUT2D eigenvalue weighted by Gasteiger charge is -2.16. The number of para-hydroxylation sites is 1. The number of hydrogen-bond donors (Lipinski definition) is 3. The number of nitrogens with two attached hydrogens (primary N) is 1. The molecule has 0 heterocycles. The Hall–Kier alpha value is -1.34. The van der Waals surface area contributed by atoms with Crippen molar-refractivity contribution in [3.63, 3.8) is 0 Å². The molecule has 6 N–H and O–H groups in total. The molecule has 0 bridgehead atoms. The van der Waals surface area contributed by atoms with Crippen molar-refractivity contribution in [3.8, 4) is 0 Å². The number of nitrogens with one attached hydrogen (secondary N) is 1. The summed E-state index contributed by atoms with van der Waals surface area (Å²) in [6.07, 6.45) is 0.544. The van der Waals surface area contributed by atoms with Crippen LogP contribution in [-0.2, 0) is 9.59 Å². The molecule has 1 aromatic rings. The quantitative estimate of drug-likeness (QED) is 0.510. The van der Waals surface area contributed by atoms with Crippen LogP contribution < -0.4 is 21.5 Å². The predicted molar refractivity (Wildman–Crippen MR) is 77.7 cm³/mol. The van der Waals surface area contributed by atoms with Gasteiger partial charge in [0, 0.05) is 6.42 Å². The first-order valence-corrected chi connectivity index (χ1v) is 7.28. The number of aliphatic carboxylic acids is 1. The molecule has 0 fully saturated rings. The normalized spacial score (nSPS) is 12.0. The van der Waals surface area contributed by atoms with Gasteiger partial charge in [0.2, 0.25) is 5.91 Å². The topological polar surface area (TPSA) is 113 Å². The molecule has 1 atom stereocenters. The summed E-state index contributed by atoms with van der Waals surface area (Å²) in [6.45, 7) is 1.28. The molecule has 1 rings (SSSR count). The molecule has 0 radical (unpaired) electrons. The van der Waals surface area contributed by atoms with Gasteiger partial charge in [0.25, 0.3) is 0 Å². The van der Waals surface area contributed by atoms with Gasteiger partial charge in [-0.25, -0.2) is 0 Å². The van der Waals surface area contributed by atoms with Crippen LogP contribution in [0.4, 0.5) is 5.69 Å². The lowest BCUT2D eigenvalue weighted by molar-refractivity contribution is -0.684. The zero-order chi connectivity index (χ0) is 15.8. The summed E-state index contributed by atoms with van der Waals surface area (Å²) in [4.78, 5) is 22.9. The molecule has 0 aliphatic carbocycles. The Labute approximate surface area is 132 Å². The van der Waals surface area contributed by atoms with Crippen molar-refractivity contribution in [3.05, 3.63) is 28.2 Å². The van der Waals surface area contributed by atoms with E-state index in [0.717, 1.165) is 6.42 Å². The third kappa shape index (κ3) is 5.89. The lowest BCUT2D eigenvalue weighted by atomic mass is 10.2. The fraction of sp³-hybridized carbons (Fsp3) is 0.385. The number of anilines is 1. The maximum atomic E-state index is 11.9. The van der Waals surface area contributed by atoms with Crippen LogP contribution in [0.3, 0.4) is 0 Å². The third-order valence-electron chi connectivity index (χ3n) is 2.84. The molecule has 116 valence electrons. The molecule has 21 heavy (non-hydrogen) atoms. The highest BCUT2D eigenvalue weighted by atomic mass is 35.5. The number of quaternary nitrogens is 2. The summed E-state index contributed by atoms with van der Waals surface area (Å²) >= 11 is 11.9. The second kappa shape index (κ2) is 8.84. The molecule has 8 heteroatoms. The van der Waals surface area contributed by atoms with E-state index in [2.05, 4.69) is 11.1 Å². The van der Waals surface area contributed by atoms with Crippen molar-refractivity contribution in [2.75, 3.05) is 18.4 Å². The van der Waals surface area contributed by atoms with E-state index in [-0.39, 0.29) is 12.1 Å². The van der Waals surface area contributed by atoms with E-state index in [1.165, 1.54) is 0 Å². The number of rotatable bonds is 8. The molecule has 0 aliphatic rings. The molecule has 1 amide bonds. The van der Waals surface area contributed by atoms with Gasteiger partial charge < -0.3 is 26.3 Å². The minimum atomic E-state index is -1.28. The number of benzene rings is 1. The summed E-state index contributed by atoms with van der Waals surface area (Å²) < 4.78 is 0. The Balaban J connectivity index is 2.63. The number of carbonyl (C=O) groups excluding carboxylic acids is 2. The maximum Gasteiger partial charge on any atom is 0.230 e. The molecular weight excluding hydrogens is 317 g/mol. The first kappa shape index (κ1) is 17.7. The van der Waals surface area contributed by atoms with E-state index < -0.39 is 17.9 Å². The van der Waals surface area contributed by atoms with Crippen LogP contribution in [0.5, 0.6) is 0 Å². The number of carboxylic acids is 1. The SMILES string of the molecule is [NH3+]CCC[NH2+][C@@H](CC(=O)Nc1c(Cl)cccc1Cl)C(=O)[O-]. The zero-order valence-corrected chi connectivity index (χ0v) is 12.9. The van der Waals surface area contributed by atoms with Crippen LogP contribution in [0.15, 0.2) is 18.2 Å². The monoisotopic (exact) mass is 334 g/mol. The first-order chi connectivity index (χ1) is 9.95. The third-order valence-corrected chi connectivity index (χ3v) is 3.47. The van der Waals surface area contributed by atoms with Gasteiger partial charge >= 0.3 is 0 Å². The van der Waals surface area contributed by atoms with Crippen molar-refractivity contribution in [1.29, 1.82) is 0 Å². The highest BCUT2D eigenvalue weighted by molar-refractivity contribution is 6.39. The molecular formula is C13H18Cl2N3O3+. The minimum Gasteiger partial charge on any atom is -0.544 e. The number of halogens is 2. The van der Waals surface area contributed by atoms with Crippen molar-refractivity contribution in [1.82, 2.24) is 0 Å². The van der Waals surface area contributed by atoms with Gasteiger partial charge in [0.15, 0.2) is 0 Å². The Morgan fingerprint density at radius 1 is 1.33 bits per heavy atom. The van der Waals surface area contributed by atoms with Gasteiger partial charge in [-0.2, -0.15) is 0 Å². The van der Waals surface area contributed by atoms with E-state index in [1.807, 2.05) is 0 Å². The lowest BCUT2D eigenvalue weighted by Crippen LogP contribution is -2.93. The fourth-order valence-electron chi connectivity index (χ4n) is 1.73. The standard InChI is InChI=1S/C13H17Cl2N3O3/c14-8-3-1-4-9(15)12(8)18-11(19)7-10(13(20)21)17-6-2-5-16/h1,3-4,10,17H,2,5-7,16H2,(H,18,19)(H,20,21)/p+1/t10-/m0/s1. The van der Waals surface area contributed by atoms with Crippen LogP contribution in [0.25, 0.3) is 0 Å². The predicted octanol–water partition coefficient (Wildman–Crippen LogP) is -1.36. The number of hydrogen-bond acceptors (Lipinski definition) is 3. The van der Waals surface area contributed by atoms with Gasteiger partial charge in [-0.1, -0.05) is 29.3 Å². The van der Waals surface area contributed by atoms with Crippen LogP contribution in [0, 0.1) is 0 Å². The van der Waals surface area contributed by atoms with Crippen molar-refractivity contribution < 1.29 is 25.7 Å². The Bertz CT molecular complexity index is 491. The minimum absolute atomic E-state index is 0.221. The molecule has 6 nitrogen and oxygen atoms in total. The summed E-state index contributed by atoms with van der Waals surface area (Å²) in [5, 5.41) is 15.7. The number of carboxylic acid groups (broad SMARTS) is 1. The second-order valence-electron chi connectivity index (χ2n) is 4.51. The molecule has 0 saturated heterocycles. The molecule has 0 unspecified atom stereocenters. The molecule has 0 aromatic heterocycles. The molecule has 1 aromatic carbocycles. The highest BCUT2D eigenvalue weighted by Crippen LogP contribution is 2.29. The zero-order valence-electron chi connectivity index (χ0n) is 11.4. The highest BCUT2D eigenvalue weighted by Gasteiger charge is 2.19. The Kier molecular flexibility index (Phi) is 7.45. The first-order valence-electron chi connectivity index (χ1n) is 6.53. The summed E-state index contributed by atoms with van der Waals surface area (Å²) in [5.41, 5.74) is 3.95. The summed E-state index contributed by atoms with van der Waals surface area (Å²) in [6, 6.07) is 3.87. The van der Waals surface area contributed by atoms with E-state index >= 15 is 0 Å². The average Bonchev–Trinajstić information content (AvgIpc) is 2.42. The van der Waals surface area contributed by atoms with Crippen molar-refractivity contribution >= 4 is 40.8 Å². The van der Waals surface area contributed by atoms with Gasteiger partial charge in [0.05, 0.1) is 41.2 Å². The van der Waals surface area contributed by atoms with E-state index in [1.54, 1.807) is 23.5 Å². The van der Waals surface area contributed by atoms with Crippen molar-refractivity contribution in [2.45, 2.75) is 18.9 Å². The van der Waals surface area contributed by atoms with Gasteiger partial charge in [-0.3, -0.25) is 4.79 Å². The van der Waals surface area contributed by atoms with E-state index in [0.29, 0.717) is 23.1 Å². The van der Waals surface area contributed by atoms with Crippen LogP contribution in [-0.4, -0.2) is 31.0 Å². The number of carbonyl (C=O) groups is 2. The van der Waals surface area contributed by atoms with Crippen molar-refractivity contribution in [2.24, 2.45) is 0 Å². The second-order valence-corrected chi connectivity index (χ2v) is 5.32. The van der Waals surface area contributed by atoms with Gasteiger partial charge in [-0.05, 0) is 12.1 Å². The van der Waals surface area contributed by atoms with E-state index in [9.17, 15) is 14.7 Å². The summed E-state index contributed by atoms with van der Waals surface area (Å²) in [5.74, 6) is -1.76. The van der Waals surface area contributed by atoms with Gasteiger partial charge in [0.1, 0.15) is 6.04 Å². The average molecular weight is 335 g/mol. The van der Waals surface area contributed by atoms with E-state index in [4.69, 9.17) is 23.2 Å². The van der Waals surface area contributed by atoms with Crippen LogP contribution >= 0.6 is 23.2 Å². The Morgan fingerprint density at radius 3 is 2.48 bits per heavy atom. The molecule has 0 saturated carbocycles. The molecule has 0 spiro atoms. The largest absolute Gasteiger partial charge is 0.544 e. The van der Waals surface area contributed by atoms with Gasteiger partial charge in [-0.15, -0.1) is 0 Å². The fourth-order valence-corrected chi connectivity index (χ4v) is 2.23. The Morgan fingerprint density at radius 2 is 1.95 bits per heavy atom. The maximum absolute atomic E-state index is 11.9. The number of amides is 1.